The topological polar surface area (TPSA) is 64.7 Å². The van der Waals surface area contributed by atoms with Crippen molar-refractivity contribution < 1.29 is 4.42 Å². The van der Waals surface area contributed by atoms with Gasteiger partial charge in [0.1, 0.15) is 17.3 Å². The molecule has 0 saturated heterocycles. The first-order valence-electron chi connectivity index (χ1n) is 7.57. The smallest absolute Gasteiger partial charge is 0.245 e. The van der Waals surface area contributed by atoms with E-state index in [2.05, 4.69) is 19.9 Å². The Labute approximate surface area is 128 Å². The molecule has 1 atom stereocenters. The van der Waals surface area contributed by atoms with E-state index >= 15 is 0 Å². The van der Waals surface area contributed by atoms with Gasteiger partial charge in [-0.05, 0) is 31.0 Å². The zero-order valence-corrected chi connectivity index (χ0v) is 12.1. The summed E-state index contributed by atoms with van der Waals surface area (Å²) < 4.78 is 5.94. The monoisotopic (exact) mass is 292 g/mol. The van der Waals surface area contributed by atoms with E-state index in [0.29, 0.717) is 11.8 Å². The molecule has 0 spiro atoms. The van der Waals surface area contributed by atoms with E-state index in [-0.39, 0.29) is 0 Å². The van der Waals surface area contributed by atoms with E-state index in [1.807, 2.05) is 24.3 Å². The van der Waals surface area contributed by atoms with Crippen molar-refractivity contribution in [1.29, 1.82) is 0 Å². The van der Waals surface area contributed by atoms with Crippen molar-refractivity contribution in [2.45, 2.75) is 31.6 Å². The standard InChI is InChI=1S/C17H16N4O/c1-2-8-18-13(6-1)17-21-14-11-12(5-3-7-15(14)22-17)16-19-9-4-10-20-16/h1-2,4,6,8-10,12H,3,5,7,11H2. The van der Waals surface area contributed by atoms with E-state index in [4.69, 9.17) is 4.42 Å². The van der Waals surface area contributed by atoms with Crippen LogP contribution in [-0.2, 0) is 12.8 Å². The van der Waals surface area contributed by atoms with Gasteiger partial charge < -0.3 is 4.42 Å². The molecule has 4 rings (SSSR count). The second-order valence-electron chi connectivity index (χ2n) is 5.50. The summed E-state index contributed by atoms with van der Waals surface area (Å²) in [6.07, 6.45) is 9.23. The van der Waals surface area contributed by atoms with Crippen LogP contribution in [0.25, 0.3) is 11.6 Å². The van der Waals surface area contributed by atoms with Crippen LogP contribution in [0.4, 0.5) is 0 Å². The molecular weight excluding hydrogens is 276 g/mol. The predicted octanol–water partition coefficient (Wildman–Crippen LogP) is 3.19. The Bertz CT molecular complexity index is 755. The van der Waals surface area contributed by atoms with Crippen molar-refractivity contribution >= 4 is 0 Å². The maximum absolute atomic E-state index is 5.94. The van der Waals surface area contributed by atoms with Crippen molar-refractivity contribution in [3.63, 3.8) is 0 Å². The fourth-order valence-electron chi connectivity index (χ4n) is 2.92. The van der Waals surface area contributed by atoms with Crippen LogP contribution in [0.2, 0.25) is 0 Å². The Morgan fingerprint density at radius 2 is 1.86 bits per heavy atom. The Morgan fingerprint density at radius 3 is 2.68 bits per heavy atom. The van der Waals surface area contributed by atoms with Gasteiger partial charge in [-0.3, -0.25) is 4.98 Å². The van der Waals surface area contributed by atoms with Crippen LogP contribution in [0.3, 0.4) is 0 Å². The lowest BCUT2D eigenvalue weighted by atomic mass is 9.99. The summed E-state index contributed by atoms with van der Waals surface area (Å²) >= 11 is 0. The molecule has 1 aliphatic rings. The number of rotatable bonds is 2. The molecule has 0 bridgehead atoms. The average molecular weight is 292 g/mol. The summed E-state index contributed by atoms with van der Waals surface area (Å²) in [6.45, 7) is 0. The van der Waals surface area contributed by atoms with Gasteiger partial charge in [0, 0.05) is 37.4 Å². The summed E-state index contributed by atoms with van der Waals surface area (Å²) in [5, 5.41) is 0. The lowest BCUT2D eigenvalue weighted by Crippen LogP contribution is -2.06. The van der Waals surface area contributed by atoms with Gasteiger partial charge in [0.2, 0.25) is 5.89 Å². The van der Waals surface area contributed by atoms with E-state index in [0.717, 1.165) is 48.7 Å². The van der Waals surface area contributed by atoms with Crippen molar-refractivity contribution in [2.75, 3.05) is 0 Å². The van der Waals surface area contributed by atoms with Gasteiger partial charge in [0.15, 0.2) is 0 Å². The summed E-state index contributed by atoms with van der Waals surface area (Å²) in [7, 11) is 0. The molecule has 1 aliphatic carbocycles. The molecule has 22 heavy (non-hydrogen) atoms. The van der Waals surface area contributed by atoms with Crippen LogP contribution in [0.1, 0.15) is 36.0 Å². The first kappa shape index (κ1) is 13.1. The molecule has 3 aromatic rings. The number of hydrogen-bond donors (Lipinski definition) is 0. The van der Waals surface area contributed by atoms with E-state index in [1.165, 1.54) is 0 Å². The quantitative estimate of drug-likeness (QED) is 0.679. The number of aromatic nitrogens is 4. The molecule has 0 saturated carbocycles. The molecule has 0 radical (unpaired) electrons. The lowest BCUT2D eigenvalue weighted by Gasteiger charge is -2.10. The highest BCUT2D eigenvalue weighted by Gasteiger charge is 2.25. The zero-order chi connectivity index (χ0) is 14.8. The fourth-order valence-corrected chi connectivity index (χ4v) is 2.92. The number of fused-ring (bicyclic) bond motifs is 1. The predicted molar refractivity (Wildman–Crippen MR) is 81.1 cm³/mol. The largest absolute Gasteiger partial charge is 0.440 e. The Kier molecular flexibility index (Phi) is 3.39. The minimum Gasteiger partial charge on any atom is -0.440 e. The highest BCUT2D eigenvalue weighted by Crippen LogP contribution is 2.31. The number of hydrogen-bond acceptors (Lipinski definition) is 5. The summed E-state index contributed by atoms with van der Waals surface area (Å²) in [6, 6.07) is 7.60. The Balaban J connectivity index is 1.65. The van der Waals surface area contributed by atoms with Crippen molar-refractivity contribution in [3.05, 3.63) is 60.1 Å². The van der Waals surface area contributed by atoms with Gasteiger partial charge in [0.25, 0.3) is 0 Å². The van der Waals surface area contributed by atoms with Gasteiger partial charge in [0.05, 0.1) is 5.69 Å². The van der Waals surface area contributed by atoms with Crippen LogP contribution in [-0.4, -0.2) is 19.9 Å². The molecule has 1 unspecified atom stereocenters. The number of oxazole rings is 1. The van der Waals surface area contributed by atoms with Crippen LogP contribution >= 0.6 is 0 Å². The molecular formula is C17H16N4O. The summed E-state index contributed by atoms with van der Waals surface area (Å²) in [5.41, 5.74) is 1.80. The molecule has 0 amide bonds. The highest BCUT2D eigenvalue weighted by molar-refractivity contribution is 5.47. The summed E-state index contributed by atoms with van der Waals surface area (Å²) in [5.74, 6) is 2.81. The molecule has 0 N–H and O–H groups in total. The fraction of sp³-hybridized carbons (Fsp3) is 0.294. The molecule has 0 aromatic carbocycles. The third-order valence-corrected chi connectivity index (χ3v) is 4.01. The van der Waals surface area contributed by atoms with Crippen LogP contribution in [0, 0.1) is 0 Å². The molecule has 3 heterocycles. The molecule has 0 fully saturated rings. The normalized spacial score (nSPS) is 17.7. The van der Waals surface area contributed by atoms with Gasteiger partial charge in [-0.15, -0.1) is 0 Å². The molecule has 5 heteroatoms. The SMILES string of the molecule is c1ccc(-c2nc3c(o2)CCCC(c2ncccn2)C3)nc1. The van der Waals surface area contributed by atoms with Gasteiger partial charge >= 0.3 is 0 Å². The van der Waals surface area contributed by atoms with Gasteiger partial charge in [-0.25, -0.2) is 15.0 Å². The van der Waals surface area contributed by atoms with E-state index < -0.39 is 0 Å². The van der Waals surface area contributed by atoms with E-state index in [9.17, 15) is 0 Å². The van der Waals surface area contributed by atoms with Gasteiger partial charge in [-0.1, -0.05) is 6.07 Å². The number of aryl methyl sites for hydroxylation is 1. The Morgan fingerprint density at radius 1 is 1.00 bits per heavy atom. The van der Waals surface area contributed by atoms with Crippen LogP contribution < -0.4 is 0 Å². The molecule has 110 valence electrons. The number of pyridine rings is 1. The minimum atomic E-state index is 0.309. The van der Waals surface area contributed by atoms with E-state index in [1.54, 1.807) is 18.6 Å². The van der Waals surface area contributed by atoms with Crippen LogP contribution in [0.5, 0.6) is 0 Å². The van der Waals surface area contributed by atoms with Crippen molar-refractivity contribution in [3.8, 4) is 11.6 Å². The van der Waals surface area contributed by atoms with Crippen molar-refractivity contribution in [2.24, 2.45) is 0 Å². The number of nitrogens with zero attached hydrogens (tertiary/aromatic N) is 4. The molecule has 3 aromatic heterocycles. The van der Waals surface area contributed by atoms with Crippen molar-refractivity contribution in [1.82, 2.24) is 19.9 Å². The minimum absolute atomic E-state index is 0.309. The summed E-state index contributed by atoms with van der Waals surface area (Å²) in [4.78, 5) is 17.8. The molecule has 0 aliphatic heterocycles. The third kappa shape index (κ3) is 2.50. The lowest BCUT2D eigenvalue weighted by molar-refractivity contribution is 0.503. The molecule has 5 nitrogen and oxygen atoms in total. The second kappa shape index (κ2) is 5.67. The maximum atomic E-state index is 5.94. The second-order valence-corrected chi connectivity index (χ2v) is 5.50. The Hall–Kier alpha value is -2.56. The first-order valence-corrected chi connectivity index (χ1v) is 7.57. The maximum Gasteiger partial charge on any atom is 0.245 e. The highest BCUT2D eigenvalue weighted by atomic mass is 16.4. The van der Waals surface area contributed by atoms with Gasteiger partial charge in [-0.2, -0.15) is 0 Å². The average Bonchev–Trinajstić information content (AvgIpc) is 2.88. The van der Waals surface area contributed by atoms with Crippen LogP contribution in [0.15, 0.2) is 47.3 Å². The first-order chi connectivity index (χ1) is 10.9. The third-order valence-electron chi connectivity index (χ3n) is 4.01. The zero-order valence-electron chi connectivity index (χ0n) is 12.1.